The lowest BCUT2D eigenvalue weighted by Crippen LogP contribution is -2.52. The molecule has 1 aromatic carbocycles. The quantitative estimate of drug-likeness (QED) is 0.756. The summed E-state index contributed by atoms with van der Waals surface area (Å²) in [6.07, 6.45) is 3.38. The summed E-state index contributed by atoms with van der Waals surface area (Å²) in [7, 11) is 5.15. The number of nitrogens with zero attached hydrogens (tertiary/aromatic N) is 5. The summed E-state index contributed by atoms with van der Waals surface area (Å²) in [6.45, 7) is 4.22. The Morgan fingerprint density at radius 3 is 2.40 bits per heavy atom. The fraction of sp³-hybridized carbons (Fsp3) is 0.571. The number of fused-ring (bicyclic) bond motifs is 1. The highest BCUT2D eigenvalue weighted by Crippen LogP contribution is 2.35. The maximum absolute atomic E-state index is 12.8. The summed E-state index contributed by atoms with van der Waals surface area (Å²) in [4.78, 5) is 27.8. The van der Waals surface area contributed by atoms with Crippen molar-refractivity contribution in [3.8, 4) is 11.5 Å². The van der Waals surface area contributed by atoms with Crippen LogP contribution in [-0.2, 0) is 4.74 Å². The molecular weight excluding hydrogens is 386 g/mol. The van der Waals surface area contributed by atoms with Gasteiger partial charge in [-0.05, 0) is 18.9 Å². The van der Waals surface area contributed by atoms with Crippen molar-refractivity contribution in [2.45, 2.75) is 18.9 Å². The van der Waals surface area contributed by atoms with Crippen molar-refractivity contribution in [1.82, 2.24) is 19.8 Å². The smallest absolute Gasteiger partial charge is 0.320 e. The molecule has 0 spiro atoms. The Kier molecular flexibility index (Phi) is 6.08. The zero-order chi connectivity index (χ0) is 21.1. The van der Waals surface area contributed by atoms with E-state index in [0.717, 1.165) is 42.7 Å². The van der Waals surface area contributed by atoms with E-state index in [1.165, 1.54) is 0 Å². The van der Waals surface area contributed by atoms with Crippen molar-refractivity contribution in [1.29, 1.82) is 0 Å². The van der Waals surface area contributed by atoms with E-state index in [1.807, 2.05) is 29.0 Å². The number of methoxy groups -OCH3 is 2. The van der Waals surface area contributed by atoms with Gasteiger partial charge < -0.3 is 28.9 Å². The Hall–Kier alpha value is -2.81. The van der Waals surface area contributed by atoms with Gasteiger partial charge >= 0.3 is 6.03 Å². The third kappa shape index (κ3) is 3.94. The van der Waals surface area contributed by atoms with Crippen LogP contribution < -0.4 is 14.4 Å². The highest BCUT2D eigenvalue weighted by Gasteiger charge is 2.30. The lowest BCUT2D eigenvalue weighted by molar-refractivity contribution is 0.0409. The number of anilines is 1. The third-order valence-electron chi connectivity index (χ3n) is 6.01. The number of carbonyl (C=O) groups excluding carboxylic acids is 1. The van der Waals surface area contributed by atoms with Crippen LogP contribution in [0.5, 0.6) is 11.5 Å². The molecule has 0 bridgehead atoms. The maximum atomic E-state index is 12.8. The summed E-state index contributed by atoms with van der Waals surface area (Å²) in [6, 6.07) is 4.13. The Morgan fingerprint density at radius 2 is 1.73 bits per heavy atom. The molecule has 3 heterocycles. The Bertz CT molecular complexity index is 894. The lowest BCUT2D eigenvalue weighted by atomic mass is 10.0. The monoisotopic (exact) mass is 415 g/mol. The Morgan fingerprint density at radius 1 is 1.07 bits per heavy atom. The number of amides is 2. The summed E-state index contributed by atoms with van der Waals surface area (Å²) in [5, 5.41) is 0.936. The molecule has 2 amide bonds. The van der Waals surface area contributed by atoms with Gasteiger partial charge in [-0.3, -0.25) is 0 Å². The van der Waals surface area contributed by atoms with Crippen LogP contribution in [-0.4, -0.2) is 92.5 Å². The van der Waals surface area contributed by atoms with Crippen LogP contribution in [0.25, 0.3) is 10.9 Å². The average molecular weight is 415 g/mol. The van der Waals surface area contributed by atoms with Crippen molar-refractivity contribution in [3.05, 3.63) is 18.5 Å². The second-order valence-corrected chi connectivity index (χ2v) is 7.63. The van der Waals surface area contributed by atoms with Crippen LogP contribution in [0.3, 0.4) is 0 Å². The van der Waals surface area contributed by atoms with Gasteiger partial charge in [-0.1, -0.05) is 0 Å². The third-order valence-corrected chi connectivity index (χ3v) is 6.01. The number of morpholine rings is 1. The van der Waals surface area contributed by atoms with Gasteiger partial charge in [0.05, 0.1) is 33.0 Å². The van der Waals surface area contributed by atoms with E-state index in [1.54, 1.807) is 20.5 Å². The fourth-order valence-electron chi connectivity index (χ4n) is 4.22. The zero-order valence-corrected chi connectivity index (χ0v) is 17.8. The number of piperidine rings is 1. The minimum Gasteiger partial charge on any atom is -0.493 e. The van der Waals surface area contributed by atoms with E-state index < -0.39 is 0 Å². The number of rotatable bonds is 4. The molecule has 0 saturated carbocycles. The van der Waals surface area contributed by atoms with E-state index in [2.05, 4.69) is 14.9 Å². The van der Waals surface area contributed by atoms with Crippen molar-refractivity contribution in [3.63, 3.8) is 0 Å². The number of ether oxygens (including phenoxy) is 3. The SMILES string of the molecule is COc1cc2ncnc(N3CCC(N(C)C(=O)N4CCOCC4)CC3)c2cc1OC. The van der Waals surface area contributed by atoms with Crippen LogP contribution in [0.1, 0.15) is 12.8 Å². The molecular formula is C21H29N5O4. The number of carbonyl (C=O) groups is 1. The first-order valence-electron chi connectivity index (χ1n) is 10.3. The molecule has 2 aliphatic heterocycles. The van der Waals surface area contributed by atoms with Crippen molar-refractivity contribution in [2.24, 2.45) is 0 Å². The van der Waals surface area contributed by atoms with Crippen molar-refractivity contribution in [2.75, 3.05) is 65.6 Å². The summed E-state index contributed by atoms with van der Waals surface area (Å²) >= 11 is 0. The molecule has 30 heavy (non-hydrogen) atoms. The highest BCUT2D eigenvalue weighted by atomic mass is 16.5. The summed E-state index contributed by atoms with van der Waals surface area (Å²) in [5.74, 6) is 2.20. The molecule has 0 atom stereocenters. The average Bonchev–Trinajstić information content (AvgIpc) is 2.82. The van der Waals surface area contributed by atoms with Gasteiger partial charge in [-0.15, -0.1) is 0 Å². The predicted molar refractivity (Wildman–Crippen MR) is 113 cm³/mol. The largest absolute Gasteiger partial charge is 0.493 e. The Labute approximate surface area is 176 Å². The molecule has 0 radical (unpaired) electrons. The number of hydrogen-bond acceptors (Lipinski definition) is 7. The second-order valence-electron chi connectivity index (χ2n) is 7.63. The number of urea groups is 1. The molecule has 0 aliphatic carbocycles. The van der Waals surface area contributed by atoms with Gasteiger partial charge in [0, 0.05) is 50.7 Å². The lowest BCUT2D eigenvalue weighted by Gasteiger charge is -2.40. The maximum Gasteiger partial charge on any atom is 0.320 e. The standard InChI is InChI=1S/C21H29N5O4/c1-24(21(27)26-8-10-30-11-9-26)15-4-6-25(7-5-15)20-16-12-18(28-2)19(29-3)13-17(16)22-14-23-20/h12-15H,4-11H2,1-3H3. The van der Waals surface area contributed by atoms with Gasteiger partial charge in [0.15, 0.2) is 11.5 Å². The van der Waals surface area contributed by atoms with Gasteiger partial charge in [-0.25, -0.2) is 14.8 Å². The molecule has 162 valence electrons. The van der Waals surface area contributed by atoms with Crippen LogP contribution in [0.15, 0.2) is 18.5 Å². The van der Waals surface area contributed by atoms with Crippen LogP contribution in [0.4, 0.5) is 10.6 Å². The van der Waals surface area contributed by atoms with Gasteiger partial charge in [0.25, 0.3) is 0 Å². The first-order chi connectivity index (χ1) is 14.6. The molecule has 2 fully saturated rings. The predicted octanol–water partition coefficient (Wildman–Crippen LogP) is 2.00. The molecule has 4 rings (SSSR count). The molecule has 9 nitrogen and oxygen atoms in total. The molecule has 0 unspecified atom stereocenters. The van der Waals surface area contributed by atoms with Crippen LogP contribution in [0, 0.1) is 0 Å². The van der Waals surface area contributed by atoms with Crippen molar-refractivity contribution >= 4 is 22.8 Å². The summed E-state index contributed by atoms with van der Waals surface area (Å²) < 4.78 is 16.2. The van der Waals surface area contributed by atoms with E-state index in [9.17, 15) is 4.79 Å². The molecule has 2 aliphatic rings. The molecule has 2 aromatic rings. The van der Waals surface area contributed by atoms with Crippen LogP contribution in [0.2, 0.25) is 0 Å². The molecule has 9 heteroatoms. The molecule has 2 saturated heterocycles. The normalized spacial score (nSPS) is 17.8. The first kappa shape index (κ1) is 20.5. The fourth-order valence-corrected chi connectivity index (χ4v) is 4.22. The first-order valence-corrected chi connectivity index (χ1v) is 10.3. The van der Waals surface area contributed by atoms with Crippen molar-refractivity contribution < 1.29 is 19.0 Å². The van der Waals surface area contributed by atoms with Gasteiger partial charge in [0.2, 0.25) is 0 Å². The molecule has 1 aromatic heterocycles. The number of benzene rings is 1. The van der Waals surface area contributed by atoms with E-state index in [0.29, 0.717) is 37.8 Å². The van der Waals surface area contributed by atoms with E-state index in [4.69, 9.17) is 14.2 Å². The van der Waals surface area contributed by atoms with E-state index >= 15 is 0 Å². The van der Waals surface area contributed by atoms with Gasteiger partial charge in [0.1, 0.15) is 12.1 Å². The Balaban J connectivity index is 1.47. The molecule has 0 N–H and O–H groups in total. The minimum absolute atomic E-state index is 0.0982. The van der Waals surface area contributed by atoms with E-state index in [-0.39, 0.29) is 12.1 Å². The highest BCUT2D eigenvalue weighted by molar-refractivity contribution is 5.92. The van der Waals surface area contributed by atoms with Crippen LogP contribution >= 0.6 is 0 Å². The number of aromatic nitrogens is 2. The summed E-state index contributed by atoms with van der Waals surface area (Å²) in [5.41, 5.74) is 0.819. The number of hydrogen-bond donors (Lipinski definition) is 0. The van der Waals surface area contributed by atoms with Gasteiger partial charge in [-0.2, -0.15) is 0 Å². The topological polar surface area (TPSA) is 80.3 Å². The minimum atomic E-state index is 0.0982. The zero-order valence-electron chi connectivity index (χ0n) is 17.8. The second kappa shape index (κ2) is 8.91.